The SMILES string of the molecule is CCOc1cc(C(=S)N2CCN(CC)CC2)cc(I)c1OCC(=O)N1CCOCC1. The molecule has 3 rings (SSSR count). The predicted molar refractivity (Wildman–Crippen MR) is 129 cm³/mol. The minimum Gasteiger partial charge on any atom is -0.490 e. The van der Waals surface area contributed by atoms with Gasteiger partial charge in [0.15, 0.2) is 18.1 Å². The van der Waals surface area contributed by atoms with E-state index < -0.39 is 0 Å². The summed E-state index contributed by atoms with van der Waals surface area (Å²) < 4.78 is 18.0. The third-order valence-electron chi connectivity index (χ3n) is 5.37. The summed E-state index contributed by atoms with van der Waals surface area (Å²) >= 11 is 8.02. The molecule has 0 N–H and O–H groups in total. The van der Waals surface area contributed by atoms with Gasteiger partial charge in [0.25, 0.3) is 5.91 Å². The molecule has 0 aromatic heterocycles. The Hall–Kier alpha value is -1.17. The Balaban J connectivity index is 1.70. The molecule has 0 bridgehead atoms. The van der Waals surface area contributed by atoms with Crippen molar-refractivity contribution in [2.75, 3.05) is 72.2 Å². The van der Waals surface area contributed by atoms with Gasteiger partial charge in [-0.05, 0) is 48.2 Å². The van der Waals surface area contributed by atoms with Gasteiger partial charge in [0.2, 0.25) is 0 Å². The summed E-state index contributed by atoms with van der Waals surface area (Å²) in [5.74, 6) is 1.19. The maximum Gasteiger partial charge on any atom is 0.260 e. The first kappa shape index (κ1) is 23.5. The number of rotatable bonds is 7. The van der Waals surface area contributed by atoms with Crippen molar-refractivity contribution in [2.45, 2.75) is 13.8 Å². The number of benzene rings is 1. The van der Waals surface area contributed by atoms with E-state index in [0.717, 1.165) is 46.8 Å². The number of piperazine rings is 1. The first-order valence-corrected chi connectivity index (χ1v) is 12.0. The standard InChI is InChI=1S/C21H30IN3O4S/c1-3-23-5-7-25(8-6-23)21(30)16-13-17(22)20(18(14-16)28-4-2)29-15-19(26)24-9-11-27-12-10-24/h13-14H,3-12,15H2,1-2H3. The third kappa shape index (κ3) is 5.95. The van der Waals surface area contributed by atoms with Gasteiger partial charge in [-0.15, -0.1) is 0 Å². The van der Waals surface area contributed by atoms with Crippen molar-refractivity contribution in [1.82, 2.24) is 14.7 Å². The van der Waals surface area contributed by atoms with Crippen molar-refractivity contribution in [1.29, 1.82) is 0 Å². The smallest absolute Gasteiger partial charge is 0.260 e. The van der Waals surface area contributed by atoms with E-state index in [-0.39, 0.29) is 12.5 Å². The van der Waals surface area contributed by atoms with Crippen LogP contribution < -0.4 is 9.47 Å². The second-order valence-corrected chi connectivity index (χ2v) is 8.78. The number of carbonyl (C=O) groups excluding carboxylic acids is 1. The largest absolute Gasteiger partial charge is 0.490 e. The quantitative estimate of drug-likeness (QED) is 0.384. The first-order chi connectivity index (χ1) is 14.5. The van der Waals surface area contributed by atoms with Crippen LogP contribution in [0.4, 0.5) is 0 Å². The topological polar surface area (TPSA) is 54.5 Å². The number of hydrogen-bond acceptors (Lipinski definition) is 6. The number of nitrogens with zero attached hydrogens (tertiary/aromatic N) is 3. The van der Waals surface area contributed by atoms with Gasteiger partial charge in [0, 0.05) is 44.8 Å². The van der Waals surface area contributed by atoms with E-state index in [1.165, 1.54) is 0 Å². The average molecular weight is 547 g/mol. The zero-order valence-electron chi connectivity index (χ0n) is 17.7. The van der Waals surface area contributed by atoms with Gasteiger partial charge in [-0.1, -0.05) is 19.1 Å². The average Bonchev–Trinajstić information content (AvgIpc) is 2.78. The number of morpholine rings is 1. The van der Waals surface area contributed by atoms with E-state index in [1.807, 2.05) is 19.1 Å². The fraction of sp³-hybridized carbons (Fsp3) is 0.619. The molecular formula is C21H30IN3O4S. The fourth-order valence-corrected chi connectivity index (χ4v) is 4.64. The maximum absolute atomic E-state index is 12.5. The van der Waals surface area contributed by atoms with Crippen LogP contribution in [-0.4, -0.2) is 97.8 Å². The van der Waals surface area contributed by atoms with Crippen molar-refractivity contribution in [2.24, 2.45) is 0 Å². The molecule has 2 heterocycles. The number of thiocarbonyl (C=S) groups is 1. The second-order valence-electron chi connectivity index (χ2n) is 7.23. The third-order valence-corrected chi connectivity index (χ3v) is 6.66. The zero-order valence-corrected chi connectivity index (χ0v) is 20.7. The lowest BCUT2D eigenvalue weighted by atomic mass is 10.1. The van der Waals surface area contributed by atoms with E-state index in [0.29, 0.717) is 44.4 Å². The van der Waals surface area contributed by atoms with Crippen LogP contribution in [-0.2, 0) is 9.53 Å². The van der Waals surface area contributed by atoms with Crippen LogP contribution in [0, 0.1) is 3.57 Å². The molecular weight excluding hydrogens is 517 g/mol. The molecule has 0 atom stereocenters. The summed E-state index contributed by atoms with van der Waals surface area (Å²) in [5.41, 5.74) is 0.953. The monoisotopic (exact) mass is 547 g/mol. The Labute approximate surface area is 197 Å². The summed E-state index contributed by atoms with van der Waals surface area (Å²) in [6, 6.07) is 3.96. The second kappa shape index (κ2) is 11.4. The molecule has 30 heavy (non-hydrogen) atoms. The van der Waals surface area contributed by atoms with Crippen LogP contribution in [0.2, 0.25) is 0 Å². The highest BCUT2D eigenvalue weighted by molar-refractivity contribution is 14.1. The lowest BCUT2D eigenvalue weighted by molar-refractivity contribution is -0.137. The number of amides is 1. The van der Waals surface area contributed by atoms with Gasteiger partial charge in [0.1, 0.15) is 4.99 Å². The number of likely N-dealkylation sites (N-methyl/N-ethyl adjacent to an activating group) is 1. The molecule has 2 aliphatic heterocycles. The molecule has 2 saturated heterocycles. The normalized spacial score (nSPS) is 17.7. The summed E-state index contributed by atoms with van der Waals surface area (Å²) in [7, 11) is 0. The number of carbonyl (C=O) groups is 1. The van der Waals surface area contributed by atoms with E-state index in [4.69, 9.17) is 26.4 Å². The van der Waals surface area contributed by atoms with Gasteiger partial charge >= 0.3 is 0 Å². The van der Waals surface area contributed by atoms with Crippen molar-refractivity contribution >= 4 is 45.7 Å². The molecule has 1 aromatic carbocycles. The highest BCUT2D eigenvalue weighted by Crippen LogP contribution is 2.35. The van der Waals surface area contributed by atoms with Crippen LogP contribution >= 0.6 is 34.8 Å². The Kier molecular flexibility index (Phi) is 8.97. The fourth-order valence-electron chi connectivity index (χ4n) is 3.58. The first-order valence-electron chi connectivity index (χ1n) is 10.5. The molecule has 1 amide bonds. The van der Waals surface area contributed by atoms with Gasteiger partial charge < -0.3 is 28.9 Å². The van der Waals surface area contributed by atoms with Gasteiger partial charge in [-0.3, -0.25) is 4.79 Å². The van der Waals surface area contributed by atoms with Gasteiger partial charge in [0.05, 0.1) is 23.4 Å². The lowest BCUT2D eigenvalue weighted by Gasteiger charge is -2.35. The minimum atomic E-state index is -0.0371. The Bertz CT molecular complexity index is 750. The molecule has 9 heteroatoms. The highest BCUT2D eigenvalue weighted by Gasteiger charge is 2.23. The molecule has 0 aliphatic carbocycles. The van der Waals surface area contributed by atoms with Crippen molar-refractivity contribution in [3.8, 4) is 11.5 Å². The maximum atomic E-state index is 12.5. The van der Waals surface area contributed by atoms with Crippen LogP contribution in [0.3, 0.4) is 0 Å². The van der Waals surface area contributed by atoms with Gasteiger partial charge in [-0.25, -0.2) is 0 Å². The molecule has 2 fully saturated rings. The van der Waals surface area contributed by atoms with Crippen molar-refractivity contribution in [3.63, 3.8) is 0 Å². The van der Waals surface area contributed by atoms with E-state index in [2.05, 4.69) is 39.3 Å². The molecule has 166 valence electrons. The highest BCUT2D eigenvalue weighted by atomic mass is 127. The van der Waals surface area contributed by atoms with Gasteiger partial charge in [-0.2, -0.15) is 0 Å². The minimum absolute atomic E-state index is 0.0150. The molecule has 2 aliphatic rings. The number of halogens is 1. The van der Waals surface area contributed by atoms with Crippen LogP contribution in [0.1, 0.15) is 19.4 Å². The lowest BCUT2D eigenvalue weighted by Crippen LogP contribution is -2.48. The summed E-state index contributed by atoms with van der Waals surface area (Å²) in [4.78, 5) is 19.7. The van der Waals surface area contributed by atoms with E-state index in [1.54, 1.807) is 4.90 Å². The predicted octanol–water partition coefficient (Wildman–Crippen LogP) is 2.24. The zero-order chi connectivity index (χ0) is 21.5. The Morgan fingerprint density at radius 2 is 1.77 bits per heavy atom. The van der Waals surface area contributed by atoms with E-state index in [9.17, 15) is 4.79 Å². The molecule has 0 spiro atoms. The molecule has 1 aromatic rings. The van der Waals surface area contributed by atoms with Crippen LogP contribution in [0.15, 0.2) is 12.1 Å². The summed E-state index contributed by atoms with van der Waals surface area (Å²) in [6.45, 7) is 12.0. The van der Waals surface area contributed by atoms with Crippen LogP contribution in [0.5, 0.6) is 11.5 Å². The van der Waals surface area contributed by atoms with Crippen LogP contribution in [0.25, 0.3) is 0 Å². The Morgan fingerprint density at radius 3 is 2.40 bits per heavy atom. The molecule has 0 unspecified atom stereocenters. The molecule has 7 nitrogen and oxygen atoms in total. The Morgan fingerprint density at radius 1 is 1.07 bits per heavy atom. The summed E-state index contributed by atoms with van der Waals surface area (Å²) in [6.07, 6.45) is 0. The van der Waals surface area contributed by atoms with Crippen molar-refractivity contribution < 1.29 is 19.0 Å². The van der Waals surface area contributed by atoms with E-state index >= 15 is 0 Å². The molecule has 0 saturated carbocycles. The molecule has 0 radical (unpaired) electrons. The number of ether oxygens (including phenoxy) is 3. The number of hydrogen-bond donors (Lipinski definition) is 0. The summed E-state index contributed by atoms with van der Waals surface area (Å²) in [5, 5.41) is 0. The van der Waals surface area contributed by atoms with Crippen molar-refractivity contribution in [3.05, 3.63) is 21.3 Å².